The molecular formula is C88H99Cl2N3O16. The maximum Gasteiger partial charge on any atom is 0.337 e. The third-order valence-corrected chi connectivity index (χ3v) is 18.7. The van der Waals surface area contributed by atoms with Crippen LogP contribution in [0.3, 0.4) is 0 Å². The number of ether oxygens (including phenoxy) is 7. The molecule has 0 saturated carbocycles. The highest BCUT2D eigenvalue weighted by Gasteiger charge is 2.17. The first-order chi connectivity index (χ1) is 52.9. The maximum atomic E-state index is 11.8. The predicted octanol–water partition coefficient (Wildman–Crippen LogP) is 17.2. The van der Waals surface area contributed by atoms with Gasteiger partial charge in [0.2, 0.25) is 0 Å². The number of aliphatic carboxylic acids is 1. The number of hydrogen-bond acceptors (Lipinski definition) is 17. The molecule has 109 heavy (non-hydrogen) atoms. The quantitative estimate of drug-likeness (QED) is 0.0183. The second-order valence-corrected chi connectivity index (χ2v) is 26.7. The number of phenolic OH excluding ortho intramolecular Hbond substituents is 1. The van der Waals surface area contributed by atoms with Crippen LogP contribution in [-0.4, -0.2) is 134 Å². The normalized spacial score (nSPS) is 10.8. The fraction of sp³-hybridized carbons (Fsp3) is 0.318. The number of rotatable bonds is 42. The Morgan fingerprint density at radius 1 is 0.330 bits per heavy atom. The van der Waals surface area contributed by atoms with E-state index in [0.717, 1.165) is 171 Å². The lowest BCUT2D eigenvalue weighted by molar-refractivity contribution is -0.141. The molecular weight excluding hydrogens is 1430 g/mol. The molecule has 576 valence electrons. The van der Waals surface area contributed by atoms with Crippen LogP contribution in [0.1, 0.15) is 139 Å². The van der Waals surface area contributed by atoms with Crippen molar-refractivity contribution in [3.8, 4) is 23.0 Å². The van der Waals surface area contributed by atoms with Crippen molar-refractivity contribution in [3.63, 3.8) is 0 Å². The van der Waals surface area contributed by atoms with Crippen molar-refractivity contribution in [3.05, 3.63) is 295 Å². The zero-order valence-corrected chi connectivity index (χ0v) is 64.0. The Hall–Kier alpha value is -10.5. The lowest BCUT2D eigenvalue weighted by Gasteiger charge is -2.23. The van der Waals surface area contributed by atoms with E-state index < -0.39 is 11.9 Å². The Balaban J connectivity index is 0.000000228. The van der Waals surface area contributed by atoms with Crippen LogP contribution in [0.25, 0.3) is 0 Å². The zero-order valence-electron chi connectivity index (χ0n) is 62.5. The smallest absolute Gasteiger partial charge is 0.337 e. The van der Waals surface area contributed by atoms with Crippen LogP contribution in [0.5, 0.6) is 23.0 Å². The first kappa shape index (κ1) is 85.7. The summed E-state index contributed by atoms with van der Waals surface area (Å²) < 4.78 is 37.4. The number of carboxylic acids is 2. The number of carboxylic acid groups (broad SMARTS) is 2. The van der Waals surface area contributed by atoms with E-state index in [4.69, 9.17) is 66.6 Å². The third-order valence-electron chi connectivity index (χ3n) is 18.0. The van der Waals surface area contributed by atoms with Gasteiger partial charge in [-0.2, -0.15) is 0 Å². The maximum absolute atomic E-state index is 11.8. The third kappa shape index (κ3) is 31.7. The summed E-state index contributed by atoms with van der Waals surface area (Å²) in [4.78, 5) is 75.5. The number of nitrogens with zero attached hydrogens (tertiary/aromatic N) is 3. The number of para-hydroxylation sites is 3. The van der Waals surface area contributed by atoms with Crippen molar-refractivity contribution in [1.29, 1.82) is 0 Å². The van der Waals surface area contributed by atoms with Gasteiger partial charge in [0.25, 0.3) is 0 Å². The van der Waals surface area contributed by atoms with E-state index in [1.165, 1.54) is 28.4 Å². The summed E-state index contributed by atoms with van der Waals surface area (Å²) in [5.41, 5.74) is 10.7. The van der Waals surface area contributed by atoms with Crippen molar-refractivity contribution >= 4 is 59.0 Å². The number of aromatic hydroxyl groups is 1. The Labute approximate surface area is 649 Å². The molecule has 0 aliphatic rings. The van der Waals surface area contributed by atoms with Gasteiger partial charge in [-0.1, -0.05) is 163 Å². The summed E-state index contributed by atoms with van der Waals surface area (Å²) >= 11 is 12.6. The SMILES string of the molecule is COC(=O)CCCCN(CCc1ccccc1OCc1ccc(O)cc1)Cc1ccc(C(=O)OC)cc1.COC(=O)CCCCN(CCc1ccccc1OCc1ccccc1Cl)Cc1ccc(C(=O)OC)cc1.O=C(O)CCCCN(CCc1ccccc1OCc1ccccc1Cl)Cc1ccc(C(=O)O)cc1. The average molecular weight is 1530 g/mol. The standard InChI is InChI=1S/C30H34ClNO5.C30H35NO6.C28H30ClNO5/c1-35-29(33)13-7-8-19-32(21-23-14-16-25(17-15-23)30(34)36-2)20-18-24-9-4-6-12-28(24)37-22-26-10-3-5-11-27(26)31;1-35-29(33)9-5-6-19-31(21-23-10-14-26(15-11-23)30(34)36-2)20-18-25-7-3-4-8-28(25)37-22-24-12-16-27(32)17-13-24;29-25-9-3-1-8-24(25)20-35-26-10-4-2-7-22(26)16-18-30(17-6-5-11-27(31)32)19-21-12-14-23(15-13-21)28(33)34/h3-6,9-12,14-17H,7-8,13,18-22H2,1-2H3;3-4,7-8,10-17,32H,5-6,9,18-22H2,1-2H3;1-4,7-10,12-15H,5-6,11,16-20H2,(H,31,32)(H,33,34). The molecule has 0 bridgehead atoms. The second kappa shape index (κ2) is 48.0. The summed E-state index contributed by atoms with van der Waals surface area (Å²) in [6.07, 6.45) is 7.98. The van der Waals surface area contributed by atoms with Crippen molar-refractivity contribution in [2.45, 2.75) is 117 Å². The number of hydrogen-bond donors (Lipinski definition) is 3. The van der Waals surface area contributed by atoms with Crippen LogP contribution < -0.4 is 14.2 Å². The van der Waals surface area contributed by atoms with E-state index in [-0.39, 0.29) is 41.6 Å². The average Bonchev–Trinajstić information content (AvgIpc) is 0.888. The molecule has 0 fully saturated rings. The van der Waals surface area contributed by atoms with E-state index in [9.17, 15) is 33.9 Å². The number of halogens is 2. The number of carbonyl (C=O) groups is 6. The second-order valence-electron chi connectivity index (χ2n) is 25.9. The van der Waals surface area contributed by atoms with Gasteiger partial charge in [0.05, 0.1) is 45.1 Å². The number of aromatic carboxylic acids is 1. The Morgan fingerprint density at radius 3 is 0.972 bits per heavy atom. The molecule has 9 aromatic carbocycles. The minimum Gasteiger partial charge on any atom is -0.508 e. The van der Waals surface area contributed by atoms with E-state index in [1.54, 1.807) is 48.5 Å². The van der Waals surface area contributed by atoms with Gasteiger partial charge in [0.1, 0.15) is 42.8 Å². The summed E-state index contributed by atoms with van der Waals surface area (Å²) in [6.45, 7) is 8.06. The number of esters is 4. The predicted molar refractivity (Wildman–Crippen MR) is 422 cm³/mol. The summed E-state index contributed by atoms with van der Waals surface area (Å²) in [5.74, 6) is -0.0891. The molecule has 0 saturated heterocycles. The van der Waals surface area contributed by atoms with Crippen LogP contribution in [0.4, 0.5) is 0 Å². The van der Waals surface area contributed by atoms with Crippen LogP contribution in [0, 0.1) is 0 Å². The van der Waals surface area contributed by atoms with Gasteiger partial charge >= 0.3 is 35.8 Å². The number of phenols is 1. The van der Waals surface area contributed by atoms with Crippen molar-refractivity contribution in [2.24, 2.45) is 0 Å². The molecule has 0 heterocycles. The number of unbranched alkanes of at least 4 members (excludes halogenated alkanes) is 3. The highest BCUT2D eigenvalue weighted by Crippen LogP contribution is 2.27. The van der Waals surface area contributed by atoms with Gasteiger partial charge in [-0.3, -0.25) is 29.1 Å². The molecule has 0 amide bonds. The molecule has 19 nitrogen and oxygen atoms in total. The molecule has 0 spiro atoms. The lowest BCUT2D eigenvalue weighted by Crippen LogP contribution is -2.27. The first-order valence-electron chi connectivity index (χ1n) is 36.5. The summed E-state index contributed by atoms with van der Waals surface area (Å²) in [7, 11) is 5.58. The van der Waals surface area contributed by atoms with Gasteiger partial charge in [-0.25, -0.2) is 14.4 Å². The van der Waals surface area contributed by atoms with Crippen LogP contribution in [-0.2, 0) is 92.0 Å². The van der Waals surface area contributed by atoms with Gasteiger partial charge in [-0.05, 0) is 195 Å². The Bertz CT molecular complexity index is 4260. The highest BCUT2D eigenvalue weighted by atomic mass is 35.5. The summed E-state index contributed by atoms with van der Waals surface area (Å²) in [5, 5.41) is 28.9. The molecule has 21 heteroatoms. The molecule has 3 N–H and O–H groups in total. The molecule has 0 unspecified atom stereocenters. The monoisotopic (exact) mass is 1520 g/mol. The van der Waals surface area contributed by atoms with Gasteiger partial charge < -0.3 is 48.5 Å². The Morgan fingerprint density at radius 2 is 0.642 bits per heavy atom. The molecule has 0 atom stereocenters. The number of carbonyl (C=O) groups excluding carboxylic acids is 4. The van der Waals surface area contributed by atoms with Gasteiger partial charge in [0, 0.05) is 79.7 Å². The van der Waals surface area contributed by atoms with E-state index in [0.29, 0.717) is 66.8 Å². The van der Waals surface area contributed by atoms with Crippen LogP contribution in [0.15, 0.2) is 218 Å². The fourth-order valence-corrected chi connectivity index (χ4v) is 12.2. The van der Waals surface area contributed by atoms with E-state index in [1.807, 2.05) is 158 Å². The topological polar surface area (TPSA) is 237 Å². The van der Waals surface area contributed by atoms with Crippen molar-refractivity contribution in [1.82, 2.24) is 14.7 Å². The lowest BCUT2D eigenvalue weighted by atomic mass is 10.1. The molecule has 0 aliphatic carbocycles. The number of benzene rings is 9. The Kier molecular flexibility index (Phi) is 37.7. The van der Waals surface area contributed by atoms with E-state index >= 15 is 0 Å². The molecule has 9 rings (SSSR count). The van der Waals surface area contributed by atoms with Crippen LogP contribution >= 0.6 is 23.2 Å². The zero-order chi connectivity index (χ0) is 78.0. The highest BCUT2D eigenvalue weighted by molar-refractivity contribution is 6.31. The number of methoxy groups -OCH3 is 4. The van der Waals surface area contributed by atoms with E-state index in [2.05, 4.69) is 26.8 Å². The molecule has 9 aromatic rings. The summed E-state index contributed by atoms with van der Waals surface area (Å²) in [6, 6.07) is 68.1. The first-order valence-corrected chi connectivity index (χ1v) is 37.2. The fourth-order valence-electron chi connectivity index (χ4n) is 11.8. The molecule has 0 radical (unpaired) electrons. The van der Waals surface area contributed by atoms with Crippen molar-refractivity contribution < 1.29 is 77.2 Å². The molecule has 0 aromatic heterocycles. The molecule has 0 aliphatic heterocycles. The van der Waals surface area contributed by atoms with Crippen molar-refractivity contribution in [2.75, 3.05) is 67.7 Å². The largest absolute Gasteiger partial charge is 0.508 e. The minimum absolute atomic E-state index is 0.153. The van der Waals surface area contributed by atoms with Gasteiger partial charge in [0.15, 0.2) is 0 Å². The van der Waals surface area contributed by atoms with Gasteiger partial charge in [-0.15, -0.1) is 0 Å². The van der Waals surface area contributed by atoms with Crippen LogP contribution in [0.2, 0.25) is 10.0 Å². The minimum atomic E-state index is -0.949.